The van der Waals surface area contributed by atoms with E-state index < -0.39 is 0 Å². The van der Waals surface area contributed by atoms with Crippen LogP contribution in [-0.2, 0) is 4.74 Å². The molecule has 3 aromatic heterocycles. The number of pyridine rings is 2. The molecule has 0 saturated carbocycles. The Morgan fingerprint density at radius 1 is 1.06 bits per heavy atom. The number of thiocarbonyl (C=S) groups is 1. The summed E-state index contributed by atoms with van der Waals surface area (Å²) in [5, 5.41) is 4.39. The van der Waals surface area contributed by atoms with Gasteiger partial charge in [-0.25, -0.2) is 4.98 Å². The lowest BCUT2D eigenvalue weighted by Crippen LogP contribution is -2.39. The first kappa shape index (κ1) is 23.9. The van der Waals surface area contributed by atoms with Gasteiger partial charge in [-0.15, -0.1) is 0 Å². The van der Waals surface area contributed by atoms with Crippen LogP contribution in [0.5, 0.6) is 0 Å². The molecule has 0 radical (unpaired) electrons. The second-order valence-corrected chi connectivity index (χ2v) is 9.87. The van der Waals surface area contributed by atoms with E-state index in [1.54, 1.807) is 0 Å². The fourth-order valence-corrected chi connectivity index (χ4v) is 5.64. The third kappa shape index (κ3) is 4.96. The molecular formula is C27H34N6OS. The number of aryl methyl sites for hydroxylation is 2. The van der Waals surface area contributed by atoms with Crippen molar-refractivity contribution < 1.29 is 4.74 Å². The summed E-state index contributed by atoms with van der Waals surface area (Å²) in [6.45, 7) is 12.0. The molecule has 0 bridgehead atoms. The molecule has 0 amide bonds. The average Bonchev–Trinajstić information content (AvgIpc) is 3.36. The number of hydrogen-bond acceptors (Lipinski definition) is 5. The molecule has 5 heterocycles. The van der Waals surface area contributed by atoms with Crippen molar-refractivity contribution in [2.45, 2.75) is 39.3 Å². The number of rotatable bonds is 7. The third-order valence-electron chi connectivity index (χ3n) is 7.09. The molecule has 35 heavy (non-hydrogen) atoms. The Kier molecular flexibility index (Phi) is 7.13. The number of ether oxygens (including phenoxy) is 1. The lowest BCUT2D eigenvalue weighted by atomic mass is 9.96. The van der Waals surface area contributed by atoms with Crippen LogP contribution in [0.3, 0.4) is 0 Å². The Morgan fingerprint density at radius 3 is 2.60 bits per heavy atom. The molecule has 7 nitrogen and oxygen atoms in total. The predicted octanol–water partition coefficient (Wildman–Crippen LogP) is 3.89. The second-order valence-electron chi connectivity index (χ2n) is 9.48. The predicted molar refractivity (Wildman–Crippen MR) is 142 cm³/mol. The van der Waals surface area contributed by atoms with Crippen molar-refractivity contribution >= 4 is 17.3 Å². The van der Waals surface area contributed by atoms with Gasteiger partial charge >= 0.3 is 0 Å². The van der Waals surface area contributed by atoms with E-state index >= 15 is 0 Å². The van der Waals surface area contributed by atoms with Gasteiger partial charge in [0.25, 0.3) is 0 Å². The normalized spacial score (nSPS) is 20.9. The van der Waals surface area contributed by atoms with Crippen molar-refractivity contribution in [1.82, 2.24) is 29.7 Å². The summed E-state index contributed by atoms with van der Waals surface area (Å²) < 4.78 is 7.75. The van der Waals surface area contributed by atoms with Crippen LogP contribution >= 0.6 is 12.2 Å². The molecule has 2 atom stereocenters. The van der Waals surface area contributed by atoms with Gasteiger partial charge in [-0.1, -0.05) is 12.1 Å². The highest BCUT2D eigenvalue weighted by atomic mass is 32.1. The highest BCUT2D eigenvalue weighted by Crippen LogP contribution is 2.41. The summed E-state index contributed by atoms with van der Waals surface area (Å²) >= 11 is 5.89. The Morgan fingerprint density at radius 2 is 1.89 bits per heavy atom. The van der Waals surface area contributed by atoms with Crippen molar-refractivity contribution in [2.75, 3.05) is 39.4 Å². The van der Waals surface area contributed by atoms with Crippen molar-refractivity contribution in [1.29, 1.82) is 0 Å². The molecule has 0 spiro atoms. The standard InChI is InChI=1S/C27H34N6OS/c1-19-8-9-24(29-18-19)33-20(2)17-22(21(33)3)26-25(23-7-4-5-10-28-23)30-27(35)32(26)12-6-11-31-13-15-34-16-14-31/h4-5,7-10,17-18,25-26H,6,11-16H2,1-3H3,(H,30,35)/t25-,26-/m1/s1. The van der Waals surface area contributed by atoms with Gasteiger partial charge in [0.2, 0.25) is 0 Å². The van der Waals surface area contributed by atoms with Crippen LogP contribution in [0.25, 0.3) is 5.82 Å². The number of nitrogens with zero attached hydrogens (tertiary/aromatic N) is 5. The molecule has 2 aliphatic heterocycles. The van der Waals surface area contributed by atoms with Crippen molar-refractivity contribution in [3.63, 3.8) is 0 Å². The molecule has 2 saturated heterocycles. The minimum Gasteiger partial charge on any atom is -0.379 e. The quantitative estimate of drug-likeness (QED) is 0.504. The smallest absolute Gasteiger partial charge is 0.170 e. The Labute approximate surface area is 213 Å². The van der Waals surface area contributed by atoms with E-state index in [2.05, 4.69) is 64.7 Å². The average molecular weight is 491 g/mol. The van der Waals surface area contributed by atoms with E-state index in [0.717, 1.165) is 68.0 Å². The maximum atomic E-state index is 5.89. The fraction of sp³-hybridized carbons (Fsp3) is 0.444. The minimum absolute atomic E-state index is 0.00739. The zero-order chi connectivity index (χ0) is 24.4. The zero-order valence-electron chi connectivity index (χ0n) is 20.8. The van der Waals surface area contributed by atoms with Gasteiger partial charge in [0.15, 0.2) is 5.11 Å². The molecule has 3 aromatic rings. The SMILES string of the molecule is Cc1ccc(-n2c(C)cc([C@@H]3[C@@H](c4ccccn4)NC(=S)N3CCCN3CCOCC3)c2C)nc1. The van der Waals surface area contributed by atoms with Gasteiger partial charge in [0.1, 0.15) is 5.82 Å². The molecule has 2 aliphatic rings. The van der Waals surface area contributed by atoms with Gasteiger partial charge in [0, 0.05) is 50.0 Å². The van der Waals surface area contributed by atoms with Crippen LogP contribution < -0.4 is 5.32 Å². The minimum atomic E-state index is -0.00739. The lowest BCUT2D eigenvalue weighted by molar-refractivity contribution is 0.0365. The monoisotopic (exact) mass is 490 g/mol. The van der Waals surface area contributed by atoms with Crippen molar-refractivity contribution in [2.24, 2.45) is 0 Å². The van der Waals surface area contributed by atoms with E-state index in [4.69, 9.17) is 26.9 Å². The zero-order valence-corrected chi connectivity index (χ0v) is 21.6. The van der Waals surface area contributed by atoms with E-state index in [0.29, 0.717) is 0 Å². The summed E-state index contributed by atoms with van der Waals surface area (Å²) in [4.78, 5) is 14.2. The molecule has 1 N–H and O–H groups in total. The van der Waals surface area contributed by atoms with Gasteiger partial charge < -0.3 is 19.5 Å². The fourth-order valence-electron chi connectivity index (χ4n) is 5.31. The maximum absolute atomic E-state index is 5.89. The molecule has 8 heteroatoms. The van der Waals surface area contributed by atoms with Crippen LogP contribution in [0.15, 0.2) is 48.8 Å². The highest BCUT2D eigenvalue weighted by Gasteiger charge is 2.41. The topological polar surface area (TPSA) is 58.5 Å². The molecular weight excluding hydrogens is 456 g/mol. The van der Waals surface area contributed by atoms with Gasteiger partial charge in [-0.05, 0) is 74.8 Å². The third-order valence-corrected chi connectivity index (χ3v) is 7.44. The van der Waals surface area contributed by atoms with Gasteiger partial charge in [0.05, 0.1) is 31.0 Å². The first-order valence-electron chi connectivity index (χ1n) is 12.4. The second kappa shape index (κ2) is 10.4. The van der Waals surface area contributed by atoms with Crippen LogP contribution in [-0.4, -0.2) is 68.8 Å². The molecule has 0 aliphatic carbocycles. The number of hydrogen-bond donors (Lipinski definition) is 1. The van der Waals surface area contributed by atoms with E-state index in [9.17, 15) is 0 Å². The molecule has 0 aromatic carbocycles. The summed E-state index contributed by atoms with van der Waals surface area (Å²) in [5.74, 6) is 0.943. The molecule has 2 fully saturated rings. The Bertz CT molecular complexity index is 1160. The van der Waals surface area contributed by atoms with Crippen LogP contribution in [0.1, 0.15) is 46.7 Å². The van der Waals surface area contributed by atoms with Gasteiger partial charge in [-0.2, -0.15) is 0 Å². The van der Waals surface area contributed by atoms with E-state index in [1.165, 1.54) is 17.0 Å². The number of aromatic nitrogens is 3. The number of nitrogens with one attached hydrogen (secondary N) is 1. The summed E-state index contributed by atoms with van der Waals surface area (Å²) in [6.07, 6.45) is 4.83. The van der Waals surface area contributed by atoms with Crippen molar-refractivity contribution in [3.8, 4) is 5.82 Å². The first-order chi connectivity index (χ1) is 17.0. The summed E-state index contributed by atoms with van der Waals surface area (Å²) in [5.41, 5.74) is 5.78. The van der Waals surface area contributed by atoms with Crippen LogP contribution in [0.4, 0.5) is 0 Å². The Balaban J connectivity index is 1.47. The van der Waals surface area contributed by atoms with Crippen molar-refractivity contribution in [3.05, 3.63) is 77.0 Å². The number of morpholine rings is 1. The van der Waals surface area contributed by atoms with E-state index in [1.807, 2.05) is 24.5 Å². The largest absolute Gasteiger partial charge is 0.379 e. The van der Waals surface area contributed by atoms with Crippen LogP contribution in [0, 0.1) is 20.8 Å². The maximum Gasteiger partial charge on any atom is 0.170 e. The summed E-state index contributed by atoms with van der Waals surface area (Å²) in [6, 6.07) is 12.6. The summed E-state index contributed by atoms with van der Waals surface area (Å²) in [7, 11) is 0. The molecule has 0 unspecified atom stereocenters. The molecule has 184 valence electrons. The first-order valence-corrected chi connectivity index (χ1v) is 12.8. The lowest BCUT2D eigenvalue weighted by Gasteiger charge is -2.30. The van der Waals surface area contributed by atoms with Crippen LogP contribution in [0.2, 0.25) is 0 Å². The molecule has 5 rings (SSSR count). The van der Waals surface area contributed by atoms with E-state index in [-0.39, 0.29) is 12.1 Å². The highest BCUT2D eigenvalue weighted by molar-refractivity contribution is 7.80. The van der Waals surface area contributed by atoms with Gasteiger partial charge in [-0.3, -0.25) is 9.88 Å². The Hall–Kier alpha value is -2.81.